The van der Waals surface area contributed by atoms with Gasteiger partial charge >= 0.3 is 0 Å². The van der Waals surface area contributed by atoms with Crippen LogP contribution in [0.1, 0.15) is 6.92 Å². The second-order valence-corrected chi connectivity index (χ2v) is 8.34. The van der Waals surface area contributed by atoms with Crippen LogP contribution in [0, 0.1) is 0 Å². The monoisotopic (exact) mass is 418 g/mol. The van der Waals surface area contributed by atoms with Crippen LogP contribution in [0.25, 0.3) is 10.8 Å². The van der Waals surface area contributed by atoms with Crippen LogP contribution in [0.2, 0.25) is 5.02 Å². The van der Waals surface area contributed by atoms with Crippen LogP contribution in [0.3, 0.4) is 0 Å². The molecule has 1 amide bonds. The maximum absolute atomic E-state index is 12.7. The molecule has 6 nitrogen and oxygen atoms in total. The average Bonchev–Trinajstić information content (AvgIpc) is 2.67. The third-order valence-corrected chi connectivity index (χ3v) is 5.95. The van der Waals surface area contributed by atoms with Gasteiger partial charge < -0.3 is 10.1 Å². The number of hydrogen-bond acceptors (Lipinski definition) is 4. The largest absolute Gasteiger partial charge is 0.495 e. The van der Waals surface area contributed by atoms with E-state index in [0.717, 1.165) is 10.8 Å². The van der Waals surface area contributed by atoms with Gasteiger partial charge in [-0.3, -0.25) is 4.79 Å². The summed E-state index contributed by atoms with van der Waals surface area (Å²) in [4.78, 5) is 12.6. The third-order valence-electron chi connectivity index (χ3n) is 4.18. The predicted molar refractivity (Wildman–Crippen MR) is 110 cm³/mol. The van der Waals surface area contributed by atoms with Crippen molar-refractivity contribution in [3.8, 4) is 5.75 Å². The second-order valence-electron chi connectivity index (χ2n) is 6.19. The van der Waals surface area contributed by atoms with Crippen molar-refractivity contribution in [2.75, 3.05) is 12.4 Å². The molecule has 3 rings (SSSR count). The third kappa shape index (κ3) is 4.44. The lowest BCUT2D eigenvalue weighted by atomic mass is 10.1. The van der Waals surface area contributed by atoms with Crippen molar-refractivity contribution in [1.82, 2.24) is 4.72 Å². The number of anilines is 1. The summed E-state index contributed by atoms with van der Waals surface area (Å²) in [7, 11) is -2.42. The van der Waals surface area contributed by atoms with Gasteiger partial charge in [-0.05, 0) is 48.0 Å². The first-order chi connectivity index (χ1) is 13.3. The molecule has 0 aliphatic heterocycles. The van der Waals surface area contributed by atoms with Crippen LogP contribution in [-0.4, -0.2) is 27.5 Å². The van der Waals surface area contributed by atoms with Crippen LogP contribution < -0.4 is 14.8 Å². The molecule has 0 heterocycles. The first kappa shape index (κ1) is 20.1. The smallest absolute Gasteiger partial charge is 0.242 e. The molecule has 2 N–H and O–H groups in total. The molecular formula is C20H19ClN2O4S. The van der Waals surface area contributed by atoms with Crippen molar-refractivity contribution in [2.45, 2.75) is 17.9 Å². The van der Waals surface area contributed by atoms with Gasteiger partial charge in [-0.1, -0.05) is 41.9 Å². The summed E-state index contributed by atoms with van der Waals surface area (Å²) >= 11 is 5.95. The summed E-state index contributed by atoms with van der Waals surface area (Å²) in [6.07, 6.45) is 0. The van der Waals surface area contributed by atoms with E-state index in [2.05, 4.69) is 10.0 Å². The van der Waals surface area contributed by atoms with Crippen LogP contribution in [-0.2, 0) is 14.8 Å². The lowest BCUT2D eigenvalue weighted by Crippen LogP contribution is -2.41. The zero-order valence-electron chi connectivity index (χ0n) is 15.3. The zero-order chi connectivity index (χ0) is 20.3. The molecule has 3 aromatic rings. The van der Waals surface area contributed by atoms with E-state index in [-0.39, 0.29) is 4.90 Å². The van der Waals surface area contributed by atoms with Gasteiger partial charge in [0.25, 0.3) is 0 Å². The topological polar surface area (TPSA) is 84.5 Å². The molecule has 0 saturated carbocycles. The van der Waals surface area contributed by atoms with E-state index in [1.807, 2.05) is 24.3 Å². The first-order valence-corrected chi connectivity index (χ1v) is 10.3. The zero-order valence-corrected chi connectivity index (χ0v) is 16.8. The van der Waals surface area contributed by atoms with Crippen molar-refractivity contribution < 1.29 is 17.9 Å². The van der Waals surface area contributed by atoms with Gasteiger partial charge in [-0.25, -0.2) is 8.42 Å². The quantitative estimate of drug-likeness (QED) is 0.637. The molecule has 1 atom stereocenters. The summed E-state index contributed by atoms with van der Waals surface area (Å²) in [5, 5.41) is 4.78. The average molecular weight is 419 g/mol. The minimum atomic E-state index is -3.88. The number of hydrogen-bond donors (Lipinski definition) is 2. The molecule has 0 bridgehead atoms. The summed E-state index contributed by atoms with van der Waals surface area (Å²) in [6.45, 7) is 1.46. The number of methoxy groups -OCH3 is 1. The molecule has 0 aliphatic carbocycles. The summed E-state index contributed by atoms with van der Waals surface area (Å²) < 4.78 is 32.9. The van der Waals surface area contributed by atoms with Crippen molar-refractivity contribution >= 4 is 44.0 Å². The maximum Gasteiger partial charge on any atom is 0.242 e. The molecule has 0 aliphatic rings. The molecule has 28 heavy (non-hydrogen) atoms. The fraction of sp³-hybridized carbons (Fsp3) is 0.150. The minimum absolute atomic E-state index is 0.0891. The first-order valence-electron chi connectivity index (χ1n) is 8.46. The Labute approximate surface area is 168 Å². The van der Waals surface area contributed by atoms with Gasteiger partial charge in [0.1, 0.15) is 5.75 Å². The Hall–Kier alpha value is -2.61. The highest BCUT2D eigenvalue weighted by molar-refractivity contribution is 7.89. The molecule has 0 spiro atoms. The molecule has 0 saturated heterocycles. The van der Waals surface area contributed by atoms with Gasteiger partial charge in [-0.15, -0.1) is 0 Å². The van der Waals surface area contributed by atoms with Crippen LogP contribution in [0.15, 0.2) is 65.6 Å². The molecule has 0 radical (unpaired) electrons. The Balaban J connectivity index is 1.77. The van der Waals surface area contributed by atoms with Gasteiger partial charge in [0, 0.05) is 5.02 Å². The van der Waals surface area contributed by atoms with E-state index in [0.29, 0.717) is 16.5 Å². The normalized spacial score (nSPS) is 12.5. The Morgan fingerprint density at radius 2 is 1.75 bits per heavy atom. The standard InChI is InChI=1S/C20H19ClN2O4S/c1-13(20(24)22-18-12-16(21)8-10-19(18)27-2)23-28(25,26)17-9-7-14-5-3-4-6-15(14)11-17/h3-13,23H,1-2H3,(H,22,24)/t13-/m0/s1. The number of fused-ring (bicyclic) bond motifs is 1. The fourth-order valence-corrected chi connectivity index (χ4v) is 4.12. The van der Waals surface area contributed by atoms with Crippen LogP contribution in [0.5, 0.6) is 5.75 Å². The van der Waals surface area contributed by atoms with Crippen molar-refractivity contribution in [3.05, 3.63) is 65.7 Å². The van der Waals surface area contributed by atoms with Crippen molar-refractivity contribution in [2.24, 2.45) is 0 Å². The van der Waals surface area contributed by atoms with E-state index in [1.165, 1.54) is 26.2 Å². The van der Waals surface area contributed by atoms with E-state index < -0.39 is 22.0 Å². The number of sulfonamides is 1. The number of carbonyl (C=O) groups is 1. The lowest BCUT2D eigenvalue weighted by Gasteiger charge is -2.16. The number of rotatable bonds is 6. The molecule has 0 aromatic heterocycles. The number of nitrogens with one attached hydrogen (secondary N) is 2. The molecule has 0 unspecified atom stereocenters. The number of amides is 1. The van der Waals surface area contributed by atoms with E-state index in [1.54, 1.807) is 24.3 Å². The SMILES string of the molecule is COc1ccc(Cl)cc1NC(=O)[C@H](C)NS(=O)(=O)c1ccc2ccccc2c1. The summed E-state index contributed by atoms with van der Waals surface area (Å²) in [5.41, 5.74) is 0.358. The van der Waals surface area contributed by atoms with Gasteiger partial charge in [0.2, 0.25) is 15.9 Å². The Morgan fingerprint density at radius 1 is 1.04 bits per heavy atom. The summed E-state index contributed by atoms with van der Waals surface area (Å²) in [5.74, 6) is -0.118. The lowest BCUT2D eigenvalue weighted by molar-refractivity contribution is -0.117. The van der Waals surface area contributed by atoms with E-state index in [4.69, 9.17) is 16.3 Å². The van der Waals surface area contributed by atoms with Gasteiger partial charge in [-0.2, -0.15) is 4.72 Å². The second kappa shape index (κ2) is 8.18. The van der Waals surface area contributed by atoms with Crippen LogP contribution in [0.4, 0.5) is 5.69 Å². The number of ether oxygens (including phenoxy) is 1. The molecule has 3 aromatic carbocycles. The molecule has 8 heteroatoms. The maximum atomic E-state index is 12.7. The van der Waals surface area contributed by atoms with E-state index >= 15 is 0 Å². The van der Waals surface area contributed by atoms with Gasteiger partial charge in [0.15, 0.2) is 0 Å². The van der Waals surface area contributed by atoms with E-state index in [9.17, 15) is 13.2 Å². The van der Waals surface area contributed by atoms with Crippen LogP contribution >= 0.6 is 11.6 Å². The Kier molecular flexibility index (Phi) is 5.88. The Morgan fingerprint density at radius 3 is 2.46 bits per heavy atom. The fourth-order valence-electron chi connectivity index (χ4n) is 2.71. The highest BCUT2D eigenvalue weighted by Crippen LogP contribution is 2.28. The predicted octanol–water partition coefficient (Wildman–Crippen LogP) is 3.81. The number of halogens is 1. The summed E-state index contributed by atoms with van der Waals surface area (Å²) in [6, 6.07) is 16.0. The molecule has 0 fully saturated rings. The number of benzene rings is 3. The highest BCUT2D eigenvalue weighted by atomic mass is 35.5. The van der Waals surface area contributed by atoms with Crippen molar-refractivity contribution in [1.29, 1.82) is 0 Å². The Bertz CT molecular complexity index is 1130. The minimum Gasteiger partial charge on any atom is -0.495 e. The molecule has 146 valence electrons. The molecular weight excluding hydrogens is 400 g/mol. The van der Waals surface area contributed by atoms with Gasteiger partial charge in [0.05, 0.1) is 23.7 Å². The van der Waals surface area contributed by atoms with Crippen molar-refractivity contribution in [3.63, 3.8) is 0 Å². The number of carbonyl (C=O) groups excluding carboxylic acids is 1. The highest BCUT2D eigenvalue weighted by Gasteiger charge is 2.23.